The average Bonchev–Trinajstić information content (AvgIpc) is 2.52. The molecule has 2 bridgehead atoms. The number of aliphatic hydroxyl groups excluding tert-OH is 3. The van der Waals surface area contributed by atoms with Crippen LogP contribution in [0.3, 0.4) is 0 Å². The molecule has 0 spiro atoms. The summed E-state index contributed by atoms with van der Waals surface area (Å²) in [5, 5.41) is 29.2. The van der Waals surface area contributed by atoms with Gasteiger partial charge in [0.05, 0.1) is 6.61 Å². The number of hydrogen-bond acceptors (Lipinski definition) is 7. The summed E-state index contributed by atoms with van der Waals surface area (Å²) in [5.41, 5.74) is 0.0222. The summed E-state index contributed by atoms with van der Waals surface area (Å²) < 4.78 is 12.6. The Bertz CT molecular complexity index is 574. The second-order valence-electron chi connectivity index (χ2n) is 5.10. The highest BCUT2D eigenvalue weighted by atomic mass is 16.6. The summed E-state index contributed by atoms with van der Waals surface area (Å²) in [4.78, 5) is 15.4. The molecule has 1 aromatic heterocycles. The van der Waals surface area contributed by atoms with E-state index >= 15 is 0 Å². The van der Waals surface area contributed by atoms with Gasteiger partial charge >= 0.3 is 6.01 Å². The van der Waals surface area contributed by atoms with E-state index in [0.717, 1.165) is 0 Å². The lowest BCUT2D eigenvalue weighted by Gasteiger charge is -2.32. The highest BCUT2D eigenvalue weighted by Crippen LogP contribution is 2.35. The minimum Gasteiger partial charge on any atom is -0.458 e. The van der Waals surface area contributed by atoms with Crippen molar-refractivity contribution in [3.05, 3.63) is 22.1 Å². The molecule has 110 valence electrons. The molecule has 0 saturated carbocycles. The molecule has 1 saturated heterocycles. The zero-order valence-corrected chi connectivity index (χ0v) is 10.8. The van der Waals surface area contributed by atoms with Crippen LogP contribution in [-0.4, -0.2) is 55.9 Å². The highest BCUT2D eigenvalue weighted by molar-refractivity contribution is 5.12. The normalized spacial score (nSPS) is 35.9. The summed E-state index contributed by atoms with van der Waals surface area (Å²) in [7, 11) is 0. The summed E-state index contributed by atoms with van der Waals surface area (Å²) in [6, 6.07) is 0.0479. The standard InChI is InChI=1S/C12H16N2O6/c1-5-3-14-8-2-6(20-12(14)13-11(5)18)9(16)10(17)7(4-15)19-8/h3,6-10,15-17H,2,4H2,1H3/t6-,7-,8-,9+,10-/m1/s1. The van der Waals surface area contributed by atoms with Crippen LogP contribution in [0.4, 0.5) is 0 Å². The Kier molecular flexibility index (Phi) is 3.25. The molecule has 3 heterocycles. The second kappa shape index (κ2) is 4.81. The van der Waals surface area contributed by atoms with E-state index in [4.69, 9.17) is 9.47 Å². The van der Waals surface area contributed by atoms with Crippen LogP contribution in [-0.2, 0) is 4.74 Å². The van der Waals surface area contributed by atoms with Crippen LogP contribution in [0.1, 0.15) is 18.2 Å². The fourth-order valence-electron chi connectivity index (χ4n) is 2.54. The molecule has 8 heteroatoms. The molecule has 3 N–H and O–H groups in total. The Balaban J connectivity index is 2.05. The lowest BCUT2D eigenvalue weighted by atomic mass is 10.0. The Hall–Kier alpha value is -1.48. The third-order valence-electron chi connectivity index (χ3n) is 3.71. The Morgan fingerprint density at radius 2 is 2.20 bits per heavy atom. The fraction of sp³-hybridized carbons (Fsp3) is 0.667. The summed E-state index contributed by atoms with van der Waals surface area (Å²) >= 11 is 0. The van der Waals surface area contributed by atoms with Crippen LogP contribution in [0.2, 0.25) is 0 Å². The molecule has 1 fully saturated rings. The highest BCUT2D eigenvalue weighted by Gasteiger charge is 2.44. The third-order valence-corrected chi connectivity index (χ3v) is 3.71. The van der Waals surface area contributed by atoms with Crippen LogP contribution in [0.25, 0.3) is 0 Å². The van der Waals surface area contributed by atoms with Gasteiger partial charge in [-0.2, -0.15) is 4.98 Å². The van der Waals surface area contributed by atoms with Crippen molar-refractivity contribution in [2.75, 3.05) is 6.61 Å². The zero-order valence-electron chi connectivity index (χ0n) is 10.8. The Morgan fingerprint density at radius 3 is 2.90 bits per heavy atom. The van der Waals surface area contributed by atoms with Crippen LogP contribution >= 0.6 is 0 Å². The van der Waals surface area contributed by atoms with Crippen molar-refractivity contribution < 1.29 is 24.8 Å². The molecule has 0 unspecified atom stereocenters. The minimum absolute atomic E-state index is 0.0479. The van der Waals surface area contributed by atoms with Gasteiger partial charge in [0.25, 0.3) is 5.56 Å². The summed E-state index contributed by atoms with van der Waals surface area (Å²) in [5.74, 6) is 0. The average molecular weight is 284 g/mol. The number of rotatable bonds is 1. The molecular weight excluding hydrogens is 268 g/mol. The molecule has 0 amide bonds. The van der Waals surface area contributed by atoms with Gasteiger partial charge in [0.1, 0.15) is 30.6 Å². The molecule has 8 nitrogen and oxygen atoms in total. The number of aryl methyl sites for hydroxylation is 1. The van der Waals surface area contributed by atoms with Crippen molar-refractivity contribution in [1.29, 1.82) is 0 Å². The summed E-state index contributed by atoms with van der Waals surface area (Å²) in [6.45, 7) is 1.20. The van der Waals surface area contributed by atoms with Gasteiger partial charge in [-0.3, -0.25) is 9.36 Å². The molecule has 1 aromatic rings. The van der Waals surface area contributed by atoms with Gasteiger partial charge in [-0.25, -0.2) is 0 Å². The van der Waals surface area contributed by atoms with E-state index in [-0.39, 0.29) is 6.01 Å². The lowest BCUT2D eigenvalue weighted by Crippen LogP contribution is -2.46. The molecule has 20 heavy (non-hydrogen) atoms. The van der Waals surface area contributed by atoms with Crippen molar-refractivity contribution >= 4 is 0 Å². The third kappa shape index (κ3) is 2.01. The van der Waals surface area contributed by atoms with E-state index in [2.05, 4.69) is 4.98 Å². The number of nitrogens with zero attached hydrogens (tertiary/aromatic N) is 2. The van der Waals surface area contributed by atoms with E-state index in [1.54, 1.807) is 17.7 Å². The van der Waals surface area contributed by atoms with Gasteiger partial charge in [-0.1, -0.05) is 0 Å². The van der Waals surface area contributed by atoms with Gasteiger partial charge in [0.15, 0.2) is 0 Å². The van der Waals surface area contributed by atoms with Gasteiger partial charge in [0.2, 0.25) is 0 Å². The predicted molar refractivity (Wildman–Crippen MR) is 65.3 cm³/mol. The molecule has 0 aliphatic carbocycles. The van der Waals surface area contributed by atoms with Gasteiger partial charge in [0, 0.05) is 18.2 Å². The number of fused-ring (bicyclic) bond motifs is 4. The fourth-order valence-corrected chi connectivity index (χ4v) is 2.54. The van der Waals surface area contributed by atoms with Crippen LogP contribution < -0.4 is 10.3 Å². The molecule has 3 rings (SSSR count). The Labute approximate surface area is 114 Å². The number of aliphatic hydroxyl groups is 3. The van der Waals surface area contributed by atoms with Crippen molar-refractivity contribution in [3.63, 3.8) is 0 Å². The maximum absolute atomic E-state index is 11.6. The SMILES string of the molecule is Cc1cn2c(nc1=O)O[C@@H]1C[C@H]2O[C@H](CO)[C@@H](O)[C@H]1O. The lowest BCUT2D eigenvalue weighted by molar-refractivity contribution is -0.128. The van der Waals surface area contributed by atoms with E-state index in [1.807, 2.05) is 0 Å². The van der Waals surface area contributed by atoms with E-state index < -0.39 is 42.8 Å². The summed E-state index contributed by atoms with van der Waals surface area (Å²) in [6.07, 6.45) is -2.84. The van der Waals surface area contributed by atoms with Crippen molar-refractivity contribution in [3.8, 4) is 6.01 Å². The van der Waals surface area contributed by atoms with Crippen molar-refractivity contribution in [1.82, 2.24) is 9.55 Å². The Morgan fingerprint density at radius 1 is 1.45 bits per heavy atom. The monoisotopic (exact) mass is 284 g/mol. The molecule has 2 aliphatic heterocycles. The maximum atomic E-state index is 11.6. The second-order valence-corrected chi connectivity index (χ2v) is 5.10. The quantitative estimate of drug-likeness (QED) is 0.564. The van der Waals surface area contributed by atoms with Crippen LogP contribution in [0, 0.1) is 6.92 Å². The number of ether oxygens (including phenoxy) is 2. The van der Waals surface area contributed by atoms with Crippen LogP contribution in [0.15, 0.2) is 11.0 Å². The van der Waals surface area contributed by atoms with Gasteiger partial charge < -0.3 is 24.8 Å². The van der Waals surface area contributed by atoms with Crippen molar-refractivity contribution in [2.45, 2.75) is 44.0 Å². The largest absolute Gasteiger partial charge is 0.458 e. The molecule has 2 aliphatic rings. The number of hydrogen-bond donors (Lipinski definition) is 3. The first-order chi connectivity index (χ1) is 9.51. The predicted octanol–water partition coefficient (Wildman–Crippen LogP) is -1.69. The first-order valence-electron chi connectivity index (χ1n) is 6.40. The van der Waals surface area contributed by atoms with Gasteiger partial charge in [-0.15, -0.1) is 0 Å². The molecule has 0 radical (unpaired) electrons. The van der Waals surface area contributed by atoms with E-state index in [0.29, 0.717) is 12.0 Å². The molecule has 5 atom stereocenters. The van der Waals surface area contributed by atoms with Gasteiger partial charge in [-0.05, 0) is 6.92 Å². The van der Waals surface area contributed by atoms with E-state index in [9.17, 15) is 20.1 Å². The van der Waals surface area contributed by atoms with E-state index in [1.165, 1.54) is 0 Å². The maximum Gasteiger partial charge on any atom is 0.302 e. The topological polar surface area (TPSA) is 114 Å². The first kappa shape index (κ1) is 13.5. The molecular formula is C12H16N2O6. The molecule has 0 aromatic carbocycles. The minimum atomic E-state index is -1.27. The van der Waals surface area contributed by atoms with Crippen LogP contribution in [0.5, 0.6) is 6.01 Å². The number of aromatic nitrogens is 2. The zero-order chi connectivity index (χ0) is 14.4. The van der Waals surface area contributed by atoms with Crippen molar-refractivity contribution in [2.24, 2.45) is 0 Å². The smallest absolute Gasteiger partial charge is 0.302 e. The first-order valence-corrected chi connectivity index (χ1v) is 6.40.